The van der Waals surface area contributed by atoms with Crippen molar-refractivity contribution in [1.29, 1.82) is 0 Å². The lowest BCUT2D eigenvalue weighted by atomic mass is 10.0. The molecular formula is C22H13F4N3. The van der Waals surface area contributed by atoms with Gasteiger partial charge in [0.2, 0.25) is 0 Å². The molecule has 3 nitrogen and oxygen atoms in total. The van der Waals surface area contributed by atoms with Crippen LogP contribution in [0.2, 0.25) is 0 Å². The molecule has 0 unspecified atom stereocenters. The van der Waals surface area contributed by atoms with Crippen LogP contribution >= 0.6 is 0 Å². The Hall–Kier alpha value is -3.61. The van der Waals surface area contributed by atoms with Crippen LogP contribution < -0.4 is 0 Å². The molecule has 0 fully saturated rings. The van der Waals surface area contributed by atoms with Crippen molar-refractivity contribution in [3.05, 3.63) is 89.8 Å². The number of pyridine rings is 1. The van der Waals surface area contributed by atoms with E-state index in [1.165, 1.54) is 24.4 Å². The summed E-state index contributed by atoms with van der Waals surface area (Å²) >= 11 is 0. The van der Waals surface area contributed by atoms with Gasteiger partial charge in [-0.2, -0.15) is 10.2 Å². The Labute approximate surface area is 163 Å². The summed E-state index contributed by atoms with van der Waals surface area (Å²) in [5.41, 5.74) is 1.94. The summed E-state index contributed by atoms with van der Waals surface area (Å²) in [6.45, 7) is 1.78. The molecule has 0 saturated heterocycles. The zero-order valence-corrected chi connectivity index (χ0v) is 15.1. The molecule has 0 N–H and O–H groups in total. The molecule has 0 radical (unpaired) electrons. The van der Waals surface area contributed by atoms with Gasteiger partial charge in [-0.1, -0.05) is 12.1 Å². The zero-order valence-electron chi connectivity index (χ0n) is 15.1. The van der Waals surface area contributed by atoms with Crippen LogP contribution in [0.5, 0.6) is 0 Å². The van der Waals surface area contributed by atoms with Gasteiger partial charge in [-0.3, -0.25) is 4.98 Å². The normalized spacial score (nSPS) is 10.9. The summed E-state index contributed by atoms with van der Waals surface area (Å²) in [5.74, 6) is -2.98. The molecule has 7 heteroatoms. The fraction of sp³-hybridized carbons (Fsp3) is 0.0455. The number of rotatable bonds is 3. The molecule has 29 heavy (non-hydrogen) atoms. The van der Waals surface area contributed by atoms with E-state index in [0.717, 1.165) is 17.8 Å². The maximum Gasteiger partial charge on any atom is 0.152 e. The average molecular weight is 395 g/mol. The number of halogens is 4. The van der Waals surface area contributed by atoms with Gasteiger partial charge in [0, 0.05) is 22.8 Å². The summed E-state index contributed by atoms with van der Waals surface area (Å²) < 4.78 is 55.8. The van der Waals surface area contributed by atoms with E-state index in [1.807, 2.05) is 0 Å². The van der Waals surface area contributed by atoms with Crippen LogP contribution in [-0.2, 0) is 0 Å². The Bertz CT molecular complexity index is 1220. The molecule has 0 aliphatic carbocycles. The Morgan fingerprint density at radius 1 is 0.690 bits per heavy atom. The molecule has 2 aromatic carbocycles. The van der Waals surface area contributed by atoms with Crippen LogP contribution in [0.25, 0.3) is 33.6 Å². The lowest BCUT2D eigenvalue weighted by Gasteiger charge is -2.09. The highest BCUT2D eigenvalue weighted by atomic mass is 19.1. The van der Waals surface area contributed by atoms with Crippen LogP contribution in [0, 0.1) is 30.2 Å². The Balaban J connectivity index is 1.80. The molecule has 0 aliphatic rings. The van der Waals surface area contributed by atoms with Gasteiger partial charge in [-0.15, -0.1) is 0 Å². The van der Waals surface area contributed by atoms with E-state index in [9.17, 15) is 17.6 Å². The molecule has 2 aromatic heterocycles. The van der Waals surface area contributed by atoms with Gasteiger partial charge in [-0.25, -0.2) is 17.6 Å². The van der Waals surface area contributed by atoms with Crippen molar-refractivity contribution in [2.75, 3.05) is 0 Å². The lowest BCUT2D eigenvalue weighted by Crippen LogP contribution is -1.96. The summed E-state index contributed by atoms with van der Waals surface area (Å²) in [5, 5.41) is 7.87. The summed E-state index contributed by atoms with van der Waals surface area (Å²) in [6, 6.07) is 11.0. The van der Waals surface area contributed by atoms with E-state index >= 15 is 0 Å². The van der Waals surface area contributed by atoms with Gasteiger partial charge in [-0.05, 0) is 48.4 Å². The van der Waals surface area contributed by atoms with E-state index in [-0.39, 0.29) is 16.8 Å². The number of benzene rings is 2. The van der Waals surface area contributed by atoms with Crippen molar-refractivity contribution in [2.24, 2.45) is 0 Å². The minimum Gasteiger partial charge on any atom is -0.250 e. The largest absolute Gasteiger partial charge is 0.250 e. The topological polar surface area (TPSA) is 38.7 Å². The summed E-state index contributed by atoms with van der Waals surface area (Å²) in [6.07, 6.45) is 2.25. The first-order chi connectivity index (χ1) is 13.9. The third-order valence-electron chi connectivity index (χ3n) is 4.42. The van der Waals surface area contributed by atoms with Crippen LogP contribution in [-0.4, -0.2) is 15.2 Å². The molecule has 4 rings (SSSR count). The fourth-order valence-corrected chi connectivity index (χ4v) is 2.98. The highest BCUT2D eigenvalue weighted by molar-refractivity contribution is 5.74. The second-order valence-electron chi connectivity index (χ2n) is 6.49. The zero-order chi connectivity index (χ0) is 20.5. The monoisotopic (exact) mass is 395 g/mol. The Morgan fingerprint density at radius 2 is 1.52 bits per heavy atom. The van der Waals surface area contributed by atoms with Crippen molar-refractivity contribution in [3.8, 4) is 33.6 Å². The van der Waals surface area contributed by atoms with Gasteiger partial charge in [0.05, 0.1) is 18.1 Å². The molecule has 0 amide bonds. The van der Waals surface area contributed by atoms with Crippen molar-refractivity contribution in [2.45, 2.75) is 6.92 Å². The van der Waals surface area contributed by atoms with Gasteiger partial charge in [0.15, 0.2) is 5.82 Å². The van der Waals surface area contributed by atoms with E-state index in [0.29, 0.717) is 22.9 Å². The molecule has 0 saturated carbocycles. The molecule has 0 bridgehead atoms. The first-order valence-electron chi connectivity index (χ1n) is 8.63. The predicted octanol–water partition coefficient (Wildman–Crippen LogP) is 5.74. The molecule has 0 aliphatic heterocycles. The first kappa shape index (κ1) is 18.7. The smallest absolute Gasteiger partial charge is 0.152 e. The molecule has 4 aromatic rings. The number of aryl methyl sites for hydroxylation is 1. The molecule has 2 heterocycles. The van der Waals surface area contributed by atoms with Crippen LogP contribution in [0.3, 0.4) is 0 Å². The van der Waals surface area contributed by atoms with Crippen molar-refractivity contribution >= 4 is 0 Å². The van der Waals surface area contributed by atoms with Crippen LogP contribution in [0.4, 0.5) is 17.6 Å². The average Bonchev–Trinajstić information content (AvgIpc) is 2.69. The van der Waals surface area contributed by atoms with Crippen molar-refractivity contribution < 1.29 is 17.6 Å². The molecular weight excluding hydrogens is 382 g/mol. The van der Waals surface area contributed by atoms with Gasteiger partial charge >= 0.3 is 0 Å². The second-order valence-corrected chi connectivity index (χ2v) is 6.49. The standard InChI is InChI=1S/C22H13F4N3/c1-12-2-4-16(19(25)6-12)21-8-14(10-28-29-21)13-3-5-18(24)17(7-13)22-20(26)9-15(23)11-27-22/h2-11H,1H3. The quantitative estimate of drug-likeness (QED) is 0.416. The summed E-state index contributed by atoms with van der Waals surface area (Å²) in [7, 11) is 0. The van der Waals surface area contributed by atoms with Crippen molar-refractivity contribution in [1.82, 2.24) is 15.2 Å². The maximum atomic E-state index is 14.3. The highest BCUT2D eigenvalue weighted by Gasteiger charge is 2.15. The SMILES string of the molecule is Cc1ccc(-c2cc(-c3ccc(F)c(-c4ncc(F)cc4F)c3)cnn2)c(F)c1. The second kappa shape index (κ2) is 7.43. The molecule has 0 spiro atoms. The molecule has 144 valence electrons. The lowest BCUT2D eigenvalue weighted by molar-refractivity contribution is 0.573. The first-order valence-corrected chi connectivity index (χ1v) is 8.63. The number of aromatic nitrogens is 3. The Morgan fingerprint density at radius 3 is 2.28 bits per heavy atom. The van der Waals surface area contributed by atoms with Crippen molar-refractivity contribution in [3.63, 3.8) is 0 Å². The third-order valence-corrected chi connectivity index (χ3v) is 4.42. The minimum atomic E-state index is -0.976. The van der Waals surface area contributed by atoms with E-state index < -0.39 is 23.3 Å². The van der Waals surface area contributed by atoms with E-state index in [1.54, 1.807) is 25.1 Å². The number of hydrogen-bond acceptors (Lipinski definition) is 3. The Kier molecular flexibility index (Phi) is 4.80. The van der Waals surface area contributed by atoms with Crippen LogP contribution in [0.1, 0.15) is 5.56 Å². The highest BCUT2D eigenvalue weighted by Crippen LogP contribution is 2.31. The fourth-order valence-electron chi connectivity index (χ4n) is 2.98. The van der Waals surface area contributed by atoms with Gasteiger partial charge in [0.1, 0.15) is 23.1 Å². The van der Waals surface area contributed by atoms with E-state index in [2.05, 4.69) is 15.2 Å². The van der Waals surface area contributed by atoms with Gasteiger partial charge < -0.3 is 0 Å². The molecule has 0 atom stereocenters. The van der Waals surface area contributed by atoms with Crippen LogP contribution in [0.15, 0.2) is 60.9 Å². The summed E-state index contributed by atoms with van der Waals surface area (Å²) in [4.78, 5) is 3.66. The number of nitrogens with zero attached hydrogens (tertiary/aromatic N) is 3. The minimum absolute atomic E-state index is 0.125. The third kappa shape index (κ3) is 3.71. The van der Waals surface area contributed by atoms with E-state index in [4.69, 9.17) is 0 Å². The number of hydrogen-bond donors (Lipinski definition) is 0. The van der Waals surface area contributed by atoms with Gasteiger partial charge in [0.25, 0.3) is 0 Å². The maximum absolute atomic E-state index is 14.3. The predicted molar refractivity (Wildman–Crippen MR) is 101 cm³/mol.